The zero-order chi connectivity index (χ0) is 15.5. The molecule has 0 unspecified atom stereocenters. The Morgan fingerprint density at radius 2 is 1.95 bits per heavy atom. The molecule has 22 heavy (non-hydrogen) atoms. The van der Waals surface area contributed by atoms with E-state index in [1.807, 2.05) is 6.92 Å². The van der Waals surface area contributed by atoms with Gasteiger partial charge >= 0.3 is 0 Å². The zero-order valence-electron chi connectivity index (χ0n) is 13.0. The monoisotopic (exact) mass is 427 g/mol. The van der Waals surface area contributed by atoms with Crippen molar-refractivity contribution in [2.24, 2.45) is 4.99 Å². The molecular formula is C15H24F2IN3O. The molecular weight excluding hydrogens is 403 g/mol. The quantitative estimate of drug-likeness (QED) is 0.290. The van der Waals surface area contributed by atoms with Gasteiger partial charge < -0.3 is 15.4 Å². The maximum Gasteiger partial charge on any atom is 0.190 e. The molecule has 0 saturated heterocycles. The van der Waals surface area contributed by atoms with E-state index in [9.17, 15) is 8.78 Å². The second-order valence-electron chi connectivity index (χ2n) is 4.44. The van der Waals surface area contributed by atoms with E-state index in [2.05, 4.69) is 15.6 Å². The molecule has 0 aliphatic heterocycles. The molecule has 7 heteroatoms. The smallest absolute Gasteiger partial charge is 0.190 e. The second-order valence-corrected chi connectivity index (χ2v) is 4.44. The number of hydrogen-bond acceptors (Lipinski definition) is 2. The van der Waals surface area contributed by atoms with Crippen molar-refractivity contribution in [3.8, 4) is 0 Å². The van der Waals surface area contributed by atoms with Crippen LogP contribution in [-0.4, -0.2) is 39.3 Å². The largest absolute Gasteiger partial charge is 0.382 e. The van der Waals surface area contributed by atoms with Gasteiger partial charge in [-0.15, -0.1) is 24.0 Å². The van der Waals surface area contributed by atoms with Gasteiger partial charge in [0.25, 0.3) is 0 Å². The van der Waals surface area contributed by atoms with Crippen LogP contribution in [0.4, 0.5) is 8.78 Å². The Labute approximate surface area is 147 Å². The second kappa shape index (κ2) is 12.6. The maximum atomic E-state index is 13.5. The lowest BCUT2D eigenvalue weighted by atomic mass is 10.1. The Morgan fingerprint density at radius 1 is 1.23 bits per heavy atom. The normalized spacial score (nSPS) is 11.0. The first-order valence-electron chi connectivity index (χ1n) is 7.14. The number of nitrogens with zero attached hydrogens (tertiary/aromatic N) is 1. The minimum absolute atomic E-state index is 0. The summed E-state index contributed by atoms with van der Waals surface area (Å²) >= 11 is 0. The van der Waals surface area contributed by atoms with Crippen LogP contribution in [0.15, 0.2) is 23.2 Å². The number of halogens is 3. The highest BCUT2D eigenvalue weighted by Crippen LogP contribution is 2.11. The lowest BCUT2D eigenvalue weighted by Gasteiger charge is -2.12. The summed E-state index contributed by atoms with van der Waals surface area (Å²) in [5.41, 5.74) is 0.356. The average Bonchev–Trinajstić information content (AvgIpc) is 2.49. The van der Waals surface area contributed by atoms with E-state index in [1.165, 1.54) is 6.07 Å². The molecule has 0 saturated carbocycles. The highest BCUT2D eigenvalue weighted by Gasteiger charge is 2.07. The molecule has 126 valence electrons. The molecule has 0 heterocycles. The molecule has 0 aliphatic rings. The van der Waals surface area contributed by atoms with E-state index in [0.717, 1.165) is 19.0 Å². The predicted octanol–water partition coefficient (Wildman–Crippen LogP) is 2.72. The van der Waals surface area contributed by atoms with Crippen molar-refractivity contribution in [1.29, 1.82) is 0 Å². The van der Waals surface area contributed by atoms with Gasteiger partial charge in [-0.25, -0.2) is 8.78 Å². The highest BCUT2D eigenvalue weighted by molar-refractivity contribution is 14.0. The van der Waals surface area contributed by atoms with Crippen molar-refractivity contribution in [2.45, 2.75) is 19.8 Å². The number of rotatable bonds is 8. The number of guanidine groups is 1. The first kappa shape index (κ1) is 21.0. The first-order valence-corrected chi connectivity index (χ1v) is 7.14. The summed E-state index contributed by atoms with van der Waals surface area (Å²) in [4.78, 5) is 4.06. The van der Waals surface area contributed by atoms with E-state index < -0.39 is 11.6 Å². The lowest BCUT2D eigenvalue weighted by molar-refractivity contribution is 0.145. The number of aliphatic imine (C=N–C) groups is 1. The molecule has 1 aromatic carbocycles. The summed E-state index contributed by atoms with van der Waals surface area (Å²) in [6.07, 6.45) is 1.27. The third kappa shape index (κ3) is 7.88. The lowest BCUT2D eigenvalue weighted by Crippen LogP contribution is -2.39. The molecule has 0 fully saturated rings. The fourth-order valence-electron chi connectivity index (χ4n) is 1.80. The van der Waals surface area contributed by atoms with Crippen LogP contribution in [0.5, 0.6) is 0 Å². The minimum Gasteiger partial charge on any atom is -0.382 e. The number of ether oxygens (including phenoxy) is 1. The molecule has 0 amide bonds. The standard InChI is InChI=1S/C15H23F2N3O.HI/c1-3-21-11-5-9-19-15(18-2)20-10-8-12-6-4-7-13(16)14(12)17;/h4,6-7H,3,5,8-11H2,1-2H3,(H2,18,19,20);1H. The highest BCUT2D eigenvalue weighted by atomic mass is 127. The molecule has 0 aliphatic carbocycles. The number of benzene rings is 1. The molecule has 1 rings (SSSR count). The summed E-state index contributed by atoms with van der Waals surface area (Å²) in [7, 11) is 1.67. The van der Waals surface area contributed by atoms with Crippen molar-refractivity contribution >= 4 is 29.9 Å². The Morgan fingerprint density at radius 3 is 2.64 bits per heavy atom. The average molecular weight is 427 g/mol. The van der Waals surface area contributed by atoms with Gasteiger partial charge in [0, 0.05) is 33.4 Å². The summed E-state index contributed by atoms with van der Waals surface area (Å²) < 4.78 is 31.8. The van der Waals surface area contributed by atoms with Crippen LogP contribution < -0.4 is 10.6 Å². The van der Waals surface area contributed by atoms with E-state index in [4.69, 9.17) is 4.74 Å². The van der Waals surface area contributed by atoms with Crippen LogP contribution in [0.3, 0.4) is 0 Å². The van der Waals surface area contributed by atoms with Gasteiger partial charge in [0.15, 0.2) is 17.6 Å². The van der Waals surface area contributed by atoms with Crippen LogP contribution in [0.25, 0.3) is 0 Å². The van der Waals surface area contributed by atoms with Crippen molar-refractivity contribution < 1.29 is 13.5 Å². The van der Waals surface area contributed by atoms with Gasteiger partial charge in [0.1, 0.15) is 0 Å². The van der Waals surface area contributed by atoms with Crippen LogP contribution in [-0.2, 0) is 11.2 Å². The van der Waals surface area contributed by atoms with Crippen molar-refractivity contribution in [3.05, 3.63) is 35.4 Å². The molecule has 0 spiro atoms. The van der Waals surface area contributed by atoms with Gasteiger partial charge in [-0.2, -0.15) is 0 Å². The minimum atomic E-state index is -0.814. The first-order chi connectivity index (χ1) is 10.2. The SMILES string of the molecule is CCOCCCNC(=NC)NCCc1cccc(F)c1F.I. The number of nitrogens with one attached hydrogen (secondary N) is 2. The van der Waals surface area contributed by atoms with Gasteiger partial charge in [0.2, 0.25) is 0 Å². The van der Waals surface area contributed by atoms with Gasteiger partial charge in [-0.1, -0.05) is 12.1 Å². The molecule has 0 radical (unpaired) electrons. The van der Waals surface area contributed by atoms with Gasteiger partial charge in [0.05, 0.1) is 0 Å². The summed E-state index contributed by atoms with van der Waals surface area (Å²) in [5, 5.41) is 6.20. The Kier molecular flexibility index (Phi) is 12.0. The third-order valence-electron chi connectivity index (χ3n) is 2.90. The van der Waals surface area contributed by atoms with Crippen molar-refractivity contribution in [1.82, 2.24) is 10.6 Å². The van der Waals surface area contributed by atoms with Gasteiger partial charge in [-0.3, -0.25) is 4.99 Å². The molecule has 2 N–H and O–H groups in total. The van der Waals surface area contributed by atoms with E-state index in [-0.39, 0.29) is 24.0 Å². The van der Waals surface area contributed by atoms with Crippen LogP contribution >= 0.6 is 24.0 Å². The topological polar surface area (TPSA) is 45.6 Å². The third-order valence-corrected chi connectivity index (χ3v) is 2.90. The fraction of sp³-hybridized carbons (Fsp3) is 0.533. The Bertz CT molecular complexity index is 458. The summed E-state index contributed by atoms with van der Waals surface area (Å²) in [6.45, 7) is 4.60. The van der Waals surface area contributed by atoms with Crippen molar-refractivity contribution in [3.63, 3.8) is 0 Å². The van der Waals surface area contributed by atoms with E-state index in [1.54, 1.807) is 13.1 Å². The van der Waals surface area contributed by atoms with Gasteiger partial charge in [-0.05, 0) is 31.4 Å². The Hall–Kier alpha value is -0.960. The fourth-order valence-corrected chi connectivity index (χ4v) is 1.80. The maximum absolute atomic E-state index is 13.5. The van der Waals surface area contributed by atoms with Crippen molar-refractivity contribution in [2.75, 3.05) is 33.4 Å². The molecule has 0 atom stereocenters. The zero-order valence-corrected chi connectivity index (χ0v) is 15.3. The number of hydrogen-bond donors (Lipinski definition) is 2. The molecule has 0 bridgehead atoms. The van der Waals surface area contributed by atoms with E-state index in [0.29, 0.717) is 37.7 Å². The summed E-state index contributed by atoms with van der Waals surface area (Å²) in [6, 6.07) is 4.21. The van der Waals surface area contributed by atoms with Crippen LogP contribution in [0.2, 0.25) is 0 Å². The molecule has 0 aromatic heterocycles. The Balaban J connectivity index is 0.00000441. The summed E-state index contributed by atoms with van der Waals surface area (Å²) in [5.74, 6) is -0.951. The van der Waals surface area contributed by atoms with Crippen LogP contribution in [0.1, 0.15) is 18.9 Å². The molecule has 1 aromatic rings. The predicted molar refractivity (Wildman–Crippen MR) is 96.0 cm³/mol. The van der Waals surface area contributed by atoms with Crippen LogP contribution in [0, 0.1) is 11.6 Å². The van der Waals surface area contributed by atoms with E-state index >= 15 is 0 Å². The molecule has 4 nitrogen and oxygen atoms in total.